The molecule has 0 unspecified atom stereocenters. The summed E-state index contributed by atoms with van der Waals surface area (Å²) in [5.41, 5.74) is 6.62. The Morgan fingerprint density at radius 3 is 2.80 bits per heavy atom. The Balaban J connectivity index is 2.05. The first kappa shape index (κ1) is 14.1. The van der Waals surface area contributed by atoms with Gasteiger partial charge in [-0.25, -0.2) is 0 Å². The van der Waals surface area contributed by atoms with Gasteiger partial charge in [0.2, 0.25) is 0 Å². The molecule has 5 heteroatoms. The van der Waals surface area contributed by atoms with Crippen molar-refractivity contribution in [3.8, 4) is 17.6 Å². The van der Waals surface area contributed by atoms with Crippen molar-refractivity contribution in [1.29, 1.82) is 0 Å². The number of hydrogen-bond donors (Lipinski definition) is 2. The number of ether oxygens (including phenoxy) is 1. The van der Waals surface area contributed by atoms with Crippen LogP contribution >= 0.6 is 11.3 Å². The van der Waals surface area contributed by atoms with Crippen LogP contribution in [0.4, 0.5) is 5.69 Å². The molecule has 20 heavy (non-hydrogen) atoms. The fraction of sp³-hybridized carbons (Fsp3) is 0.133. The largest absolute Gasteiger partial charge is 0.497 e. The van der Waals surface area contributed by atoms with Gasteiger partial charge in [-0.3, -0.25) is 4.79 Å². The summed E-state index contributed by atoms with van der Waals surface area (Å²) in [6.07, 6.45) is 0. The number of nitrogens with two attached hydrogens (primary N) is 1. The highest BCUT2D eigenvalue weighted by Crippen LogP contribution is 2.18. The monoisotopic (exact) mass is 286 g/mol. The molecule has 1 heterocycles. The number of amides is 1. The Labute approximate surface area is 121 Å². The molecule has 0 bridgehead atoms. The molecule has 0 spiro atoms. The minimum atomic E-state index is -0.160. The maximum atomic E-state index is 12.0. The molecule has 2 rings (SSSR count). The number of benzene rings is 1. The van der Waals surface area contributed by atoms with Crippen LogP contribution in [0.25, 0.3) is 0 Å². The Hall–Kier alpha value is -2.29. The molecule has 0 saturated carbocycles. The molecule has 0 radical (unpaired) electrons. The molecule has 4 nitrogen and oxygen atoms in total. The molecule has 1 amide bonds. The second kappa shape index (κ2) is 6.75. The van der Waals surface area contributed by atoms with Gasteiger partial charge >= 0.3 is 0 Å². The molecule has 0 aliphatic rings. The standard InChI is InChI=1S/C15H14N2O2S/c1-19-13-6-4-12(5-7-13)17-15(18)11-9-14(20-10-11)3-2-8-16/h4-7,9-10H,8,16H2,1H3,(H,17,18). The lowest BCUT2D eigenvalue weighted by molar-refractivity contribution is 0.102. The van der Waals surface area contributed by atoms with Crippen molar-refractivity contribution in [2.24, 2.45) is 5.73 Å². The zero-order valence-electron chi connectivity index (χ0n) is 11.0. The van der Waals surface area contributed by atoms with Gasteiger partial charge < -0.3 is 15.8 Å². The van der Waals surface area contributed by atoms with Gasteiger partial charge in [0.25, 0.3) is 5.91 Å². The Kier molecular flexibility index (Phi) is 4.77. The zero-order valence-corrected chi connectivity index (χ0v) is 11.8. The summed E-state index contributed by atoms with van der Waals surface area (Å²) in [6.45, 7) is 0.311. The van der Waals surface area contributed by atoms with Crippen LogP contribution in [-0.2, 0) is 0 Å². The lowest BCUT2D eigenvalue weighted by Crippen LogP contribution is -2.10. The Bertz CT molecular complexity index is 651. The molecule has 2 aromatic rings. The number of thiophene rings is 1. The maximum Gasteiger partial charge on any atom is 0.256 e. The summed E-state index contributed by atoms with van der Waals surface area (Å²) in [5, 5.41) is 4.60. The number of hydrogen-bond acceptors (Lipinski definition) is 4. The van der Waals surface area contributed by atoms with Crippen molar-refractivity contribution >= 4 is 22.9 Å². The van der Waals surface area contributed by atoms with Crippen molar-refractivity contribution in [2.45, 2.75) is 0 Å². The number of anilines is 1. The molecule has 0 aliphatic carbocycles. The summed E-state index contributed by atoms with van der Waals surface area (Å²) < 4.78 is 5.06. The van der Waals surface area contributed by atoms with E-state index in [0.29, 0.717) is 12.1 Å². The van der Waals surface area contributed by atoms with Gasteiger partial charge in [0.05, 0.1) is 24.1 Å². The molecular weight excluding hydrogens is 272 g/mol. The summed E-state index contributed by atoms with van der Waals surface area (Å²) in [6, 6.07) is 8.92. The third kappa shape index (κ3) is 3.60. The predicted octanol–water partition coefficient (Wildman–Crippen LogP) is 2.32. The third-order valence-corrected chi connectivity index (χ3v) is 3.37. The van der Waals surface area contributed by atoms with E-state index < -0.39 is 0 Å². The third-order valence-electron chi connectivity index (χ3n) is 2.52. The van der Waals surface area contributed by atoms with E-state index >= 15 is 0 Å². The van der Waals surface area contributed by atoms with Gasteiger partial charge in [-0.05, 0) is 30.3 Å². The second-order valence-corrected chi connectivity index (χ2v) is 4.80. The maximum absolute atomic E-state index is 12.0. The molecule has 102 valence electrons. The lowest BCUT2D eigenvalue weighted by atomic mass is 10.2. The van der Waals surface area contributed by atoms with Crippen LogP contribution < -0.4 is 15.8 Å². The minimum Gasteiger partial charge on any atom is -0.497 e. The van der Waals surface area contributed by atoms with Crippen molar-refractivity contribution < 1.29 is 9.53 Å². The molecule has 0 aliphatic heterocycles. The number of methoxy groups -OCH3 is 1. The number of carbonyl (C=O) groups is 1. The van der Waals surface area contributed by atoms with Gasteiger partial charge in [0, 0.05) is 11.1 Å². The van der Waals surface area contributed by atoms with E-state index in [0.717, 1.165) is 16.3 Å². The number of nitrogens with one attached hydrogen (secondary N) is 1. The van der Waals surface area contributed by atoms with E-state index in [4.69, 9.17) is 10.5 Å². The van der Waals surface area contributed by atoms with Crippen LogP contribution in [0.15, 0.2) is 35.7 Å². The Morgan fingerprint density at radius 1 is 1.40 bits per heavy atom. The zero-order chi connectivity index (χ0) is 14.4. The van der Waals surface area contributed by atoms with Crippen LogP contribution in [0, 0.1) is 11.8 Å². The van der Waals surface area contributed by atoms with Crippen molar-refractivity contribution in [1.82, 2.24) is 0 Å². The quantitative estimate of drug-likeness (QED) is 0.851. The minimum absolute atomic E-state index is 0.160. The first-order valence-corrected chi connectivity index (χ1v) is 6.84. The summed E-state index contributed by atoms with van der Waals surface area (Å²) in [5.74, 6) is 6.26. The van der Waals surface area contributed by atoms with E-state index in [1.54, 1.807) is 42.8 Å². The first-order valence-electron chi connectivity index (χ1n) is 5.96. The molecule has 0 fully saturated rings. The molecular formula is C15H14N2O2S. The molecule has 1 aromatic heterocycles. The first-order chi connectivity index (χ1) is 9.72. The SMILES string of the molecule is COc1ccc(NC(=O)c2csc(C#CCN)c2)cc1. The van der Waals surface area contributed by atoms with Crippen LogP contribution in [0.5, 0.6) is 5.75 Å². The predicted molar refractivity (Wildman–Crippen MR) is 81.2 cm³/mol. The topological polar surface area (TPSA) is 64.3 Å². The molecule has 1 aromatic carbocycles. The van der Waals surface area contributed by atoms with E-state index in [1.165, 1.54) is 11.3 Å². The van der Waals surface area contributed by atoms with E-state index in [2.05, 4.69) is 17.2 Å². The number of rotatable bonds is 3. The van der Waals surface area contributed by atoms with E-state index in [-0.39, 0.29) is 5.91 Å². The lowest BCUT2D eigenvalue weighted by Gasteiger charge is -2.04. The van der Waals surface area contributed by atoms with Crippen molar-refractivity contribution in [3.63, 3.8) is 0 Å². The summed E-state index contributed by atoms with van der Waals surface area (Å²) in [4.78, 5) is 12.9. The van der Waals surface area contributed by atoms with Gasteiger partial charge in [0.1, 0.15) is 5.75 Å². The van der Waals surface area contributed by atoms with Crippen molar-refractivity contribution in [2.75, 3.05) is 19.0 Å². The summed E-state index contributed by atoms with van der Waals surface area (Å²) >= 11 is 1.42. The highest BCUT2D eigenvalue weighted by Gasteiger charge is 2.08. The number of carbonyl (C=O) groups excluding carboxylic acids is 1. The molecule has 3 N–H and O–H groups in total. The fourth-order valence-corrected chi connectivity index (χ4v) is 2.29. The van der Waals surface area contributed by atoms with E-state index in [1.807, 2.05) is 0 Å². The normalized spacial score (nSPS) is 9.50. The highest BCUT2D eigenvalue weighted by molar-refractivity contribution is 7.10. The second-order valence-electron chi connectivity index (χ2n) is 3.89. The smallest absolute Gasteiger partial charge is 0.256 e. The fourth-order valence-electron chi connectivity index (χ4n) is 1.54. The molecule has 0 saturated heterocycles. The summed E-state index contributed by atoms with van der Waals surface area (Å²) in [7, 11) is 1.60. The van der Waals surface area contributed by atoms with Crippen LogP contribution in [0.1, 0.15) is 15.2 Å². The average molecular weight is 286 g/mol. The van der Waals surface area contributed by atoms with Crippen molar-refractivity contribution in [3.05, 3.63) is 46.2 Å². The average Bonchev–Trinajstić information content (AvgIpc) is 2.95. The highest BCUT2D eigenvalue weighted by atomic mass is 32.1. The van der Waals surface area contributed by atoms with E-state index in [9.17, 15) is 4.79 Å². The van der Waals surface area contributed by atoms with Crippen LogP contribution in [0.3, 0.4) is 0 Å². The molecule has 0 atom stereocenters. The van der Waals surface area contributed by atoms with Crippen LogP contribution in [-0.4, -0.2) is 19.6 Å². The van der Waals surface area contributed by atoms with Gasteiger partial charge in [-0.15, -0.1) is 11.3 Å². The van der Waals surface area contributed by atoms with Gasteiger partial charge in [-0.1, -0.05) is 11.8 Å². The van der Waals surface area contributed by atoms with Gasteiger partial charge in [0.15, 0.2) is 0 Å². The van der Waals surface area contributed by atoms with Gasteiger partial charge in [-0.2, -0.15) is 0 Å². The Morgan fingerprint density at radius 2 is 2.15 bits per heavy atom. The van der Waals surface area contributed by atoms with Crippen LogP contribution in [0.2, 0.25) is 0 Å².